The fourth-order valence-corrected chi connectivity index (χ4v) is 9.46. The Hall–Kier alpha value is -8.96. The molecule has 0 aliphatic carbocycles. The number of halogens is 3. The molecule has 4 aromatic carbocycles. The van der Waals surface area contributed by atoms with Gasteiger partial charge in [-0.25, -0.2) is 19.2 Å². The molecule has 1 aliphatic heterocycles. The summed E-state index contributed by atoms with van der Waals surface area (Å²) in [6, 6.07) is 19.7. The molecular formula is C67H80Br3N7O19. The van der Waals surface area contributed by atoms with Gasteiger partial charge in [0.05, 0.1) is 86.7 Å². The van der Waals surface area contributed by atoms with Gasteiger partial charge in [0.2, 0.25) is 0 Å². The zero-order chi connectivity index (χ0) is 72.6. The molecule has 0 spiro atoms. The molecule has 0 bridgehead atoms. The maximum Gasteiger partial charge on any atom is 0.337 e. The molecule has 1 aliphatic rings. The number of carboxylic acids is 1. The Bertz CT molecular complexity index is 4010. The fraction of sp³-hybridized carbons (Fsp3) is 0.403. The van der Waals surface area contributed by atoms with Crippen molar-refractivity contribution in [3.05, 3.63) is 135 Å². The standard InChI is InChI=1S/C17H20N2O5.C15H17BrN2O4.C13H12N2O5.C10H8BrNO2.C6H11BrO2.C6H12O/c1-10(20)15-12-7-6-11(16(22)23-5)8-13(12)19(18-15)9-14(21)24-17(2,3)4;1-15(2,3)22-12(19)8-18-11-7-9(14(20)21-4)5-6-10(11)13(16)17-18;1-7(16)12-9-4-3-8(13(19)20-2)5-10(9)15(14-12)6-11(17)18;1-14-10(13)6-2-3-8-7(4-6)5-12-9(8)11;1-6(2,3)9-5(8)4-7;1-3-5-6-7-4-2/h6-8H,9H2,1-5H3;5-7H,8H2,1-4H3;3-5H,6H2,1-2H3,(H,17,18);2-4H,5H2,1H3;4H2,1-3H3;4H,2-3,5-6H2,1H3. The van der Waals surface area contributed by atoms with Crippen LogP contribution in [0.4, 0.5) is 0 Å². The van der Waals surface area contributed by atoms with E-state index in [4.69, 9.17) is 33.5 Å². The zero-order valence-electron chi connectivity index (χ0n) is 56.4. The first-order valence-corrected chi connectivity index (χ1v) is 32.1. The highest BCUT2D eigenvalue weighted by atomic mass is 79.9. The second kappa shape index (κ2) is 37.4. The van der Waals surface area contributed by atoms with Gasteiger partial charge in [0.1, 0.15) is 62.4 Å². The van der Waals surface area contributed by atoms with Gasteiger partial charge in [-0.1, -0.05) is 41.9 Å². The Labute approximate surface area is 580 Å². The number of alkyl halides is 1. The first kappa shape index (κ1) is 81.3. The topological polar surface area (TPSA) is 331 Å². The molecule has 0 atom stereocenters. The van der Waals surface area contributed by atoms with E-state index in [-0.39, 0.29) is 64.5 Å². The second-order valence-electron chi connectivity index (χ2n) is 23.4. The van der Waals surface area contributed by atoms with Crippen LogP contribution in [0.2, 0.25) is 0 Å². The van der Waals surface area contributed by atoms with Gasteiger partial charge in [-0.05, 0) is 173 Å². The van der Waals surface area contributed by atoms with Gasteiger partial charge in [-0.15, -0.1) is 0 Å². The molecule has 0 amide bonds. The van der Waals surface area contributed by atoms with Gasteiger partial charge in [0.15, 0.2) is 11.6 Å². The van der Waals surface area contributed by atoms with Crippen LogP contribution in [0.25, 0.3) is 32.7 Å². The Balaban J connectivity index is 0.000000313. The lowest BCUT2D eigenvalue weighted by atomic mass is 10.1. The Morgan fingerprint density at radius 2 is 0.906 bits per heavy atom. The number of unbranched alkanes of at least 4 members (excludes halogenated alkanes) is 1. The summed E-state index contributed by atoms with van der Waals surface area (Å²) in [5, 5.41) is 23.5. The maximum absolute atomic E-state index is 12.1. The summed E-state index contributed by atoms with van der Waals surface area (Å²) in [5.41, 5.74) is 4.08. The van der Waals surface area contributed by atoms with Crippen LogP contribution in [0.1, 0.15) is 169 Å². The molecule has 0 unspecified atom stereocenters. The van der Waals surface area contributed by atoms with E-state index in [0.717, 1.165) is 34.2 Å². The number of aromatic nitrogens is 6. The van der Waals surface area contributed by atoms with E-state index in [0.29, 0.717) is 55.2 Å². The molecule has 8 rings (SSSR count). The maximum atomic E-state index is 12.1. The van der Waals surface area contributed by atoms with Gasteiger partial charge in [0, 0.05) is 35.6 Å². The summed E-state index contributed by atoms with van der Waals surface area (Å²) in [4.78, 5) is 119. The number of nitrogens with zero attached hydrogens (tertiary/aromatic N) is 7. The molecule has 26 nitrogen and oxygen atoms in total. The molecule has 0 radical (unpaired) electrons. The van der Waals surface area contributed by atoms with E-state index in [1.54, 1.807) is 90.1 Å². The number of carbonyl (C=O) groups is 10. The minimum atomic E-state index is -1.09. The van der Waals surface area contributed by atoms with Crippen LogP contribution in [-0.4, -0.2) is 156 Å². The van der Waals surface area contributed by atoms with Crippen LogP contribution >= 0.6 is 47.8 Å². The van der Waals surface area contributed by atoms with Crippen molar-refractivity contribution in [3.8, 4) is 0 Å². The van der Waals surface area contributed by atoms with Crippen molar-refractivity contribution in [2.45, 2.75) is 139 Å². The van der Waals surface area contributed by atoms with Crippen LogP contribution < -0.4 is 0 Å². The molecule has 3 aromatic heterocycles. The monoisotopic (exact) mass is 1520 g/mol. The number of esters is 7. The van der Waals surface area contributed by atoms with Crippen LogP contribution in [0.5, 0.6) is 0 Å². The normalized spacial score (nSPS) is 11.3. The molecule has 4 heterocycles. The fourth-order valence-electron chi connectivity index (χ4n) is 8.31. The highest BCUT2D eigenvalue weighted by Crippen LogP contribution is 2.28. The second-order valence-corrected chi connectivity index (χ2v) is 25.5. The number of carboxylic acid groups (broad SMARTS) is 1. The summed E-state index contributed by atoms with van der Waals surface area (Å²) < 4.78 is 44.5. The predicted molar refractivity (Wildman–Crippen MR) is 368 cm³/mol. The lowest BCUT2D eigenvalue weighted by molar-refractivity contribution is -0.156. The number of benzene rings is 4. The van der Waals surface area contributed by atoms with E-state index in [1.807, 2.05) is 32.9 Å². The van der Waals surface area contributed by atoms with Gasteiger partial charge in [-0.2, -0.15) is 15.3 Å². The first-order chi connectivity index (χ1) is 44.9. The van der Waals surface area contributed by atoms with Crippen molar-refractivity contribution >= 4 is 144 Å². The average Bonchev–Trinajstić information content (AvgIpc) is 1.65. The molecule has 96 heavy (non-hydrogen) atoms. The molecule has 518 valence electrons. The van der Waals surface area contributed by atoms with Crippen molar-refractivity contribution in [1.29, 1.82) is 0 Å². The smallest absolute Gasteiger partial charge is 0.337 e. The summed E-state index contributed by atoms with van der Waals surface area (Å²) in [7, 11) is 5.23. The molecule has 7 aromatic rings. The Morgan fingerprint density at radius 1 is 0.542 bits per heavy atom. The number of Topliss-reactive ketones (excluding diaryl/α,β-unsaturated/α-hetero) is 2. The number of fused-ring (bicyclic) bond motifs is 4. The SMILES string of the molecule is C=COCCCC.CC(C)(C)OC(=O)CBr.COC(=O)c1ccc2c(Br)nn(CC(=O)OC(C)(C)C)c2c1.COC(=O)c1ccc2c(C(C)=O)nn(CC(=O)O)c2c1.COC(=O)c1ccc2c(C(C)=O)nn(CC(=O)OC(C)(C)C)c2c1.COC(=O)c1ccc2c(c1)CN=C2Br. The molecule has 0 saturated carbocycles. The van der Waals surface area contributed by atoms with Crippen LogP contribution in [0.15, 0.2) is 95.2 Å². The number of carbonyl (C=O) groups excluding carboxylic acids is 9. The third kappa shape index (κ3) is 25.6. The highest BCUT2D eigenvalue weighted by Gasteiger charge is 2.24. The Kier molecular flexibility index (Phi) is 31.6. The number of hydrogen-bond acceptors (Lipinski definition) is 22. The lowest BCUT2D eigenvalue weighted by Crippen LogP contribution is -2.26. The highest BCUT2D eigenvalue weighted by molar-refractivity contribution is 9.18. The van der Waals surface area contributed by atoms with Crippen molar-refractivity contribution in [3.63, 3.8) is 0 Å². The Morgan fingerprint density at radius 3 is 1.26 bits per heavy atom. The average molecular weight is 1530 g/mol. The predicted octanol–water partition coefficient (Wildman–Crippen LogP) is 12.2. The van der Waals surface area contributed by atoms with Crippen molar-refractivity contribution in [2.75, 3.05) is 40.4 Å². The van der Waals surface area contributed by atoms with E-state index >= 15 is 0 Å². The summed E-state index contributed by atoms with van der Waals surface area (Å²) in [6.07, 6.45) is 3.80. The third-order valence-electron chi connectivity index (χ3n) is 12.2. The minimum Gasteiger partial charge on any atom is -0.502 e. The number of hydrogen-bond donors (Lipinski definition) is 1. The number of aliphatic carboxylic acids is 1. The van der Waals surface area contributed by atoms with Gasteiger partial charge < -0.3 is 43.0 Å². The number of aliphatic imine (C=N–C) groups is 1. The van der Waals surface area contributed by atoms with E-state index in [9.17, 15) is 47.9 Å². The van der Waals surface area contributed by atoms with Crippen LogP contribution in [0.3, 0.4) is 0 Å². The molecule has 29 heteroatoms. The van der Waals surface area contributed by atoms with E-state index in [2.05, 4.69) is 91.1 Å². The number of rotatable bonds is 17. The molecule has 0 saturated heterocycles. The van der Waals surface area contributed by atoms with Crippen molar-refractivity contribution in [1.82, 2.24) is 29.3 Å². The van der Waals surface area contributed by atoms with Crippen molar-refractivity contribution < 1.29 is 90.9 Å². The number of methoxy groups -OCH3 is 4. The number of ketones is 2. The van der Waals surface area contributed by atoms with Crippen LogP contribution in [0, 0.1) is 0 Å². The summed E-state index contributed by atoms with van der Waals surface area (Å²) in [5.74, 6) is -4.49. The van der Waals surface area contributed by atoms with Crippen LogP contribution in [-0.2, 0) is 83.3 Å². The summed E-state index contributed by atoms with van der Waals surface area (Å²) >= 11 is 9.69. The third-order valence-corrected chi connectivity index (χ3v) is 13.9. The number of ether oxygens (including phenoxy) is 8. The molecule has 0 fully saturated rings. The first-order valence-electron chi connectivity index (χ1n) is 29.4. The molecular weight excluding hydrogens is 1450 g/mol. The van der Waals surface area contributed by atoms with E-state index < -0.39 is 53.6 Å². The molecule has 1 N–H and O–H groups in total. The largest absolute Gasteiger partial charge is 0.502 e. The quantitative estimate of drug-likeness (QED) is 0.0221. The lowest BCUT2D eigenvalue weighted by Gasteiger charge is -2.19. The zero-order valence-corrected chi connectivity index (χ0v) is 61.2. The van der Waals surface area contributed by atoms with E-state index in [1.165, 1.54) is 81.1 Å². The van der Waals surface area contributed by atoms with Crippen molar-refractivity contribution in [2.24, 2.45) is 4.99 Å². The van der Waals surface area contributed by atoms with Gasteiger partial charge >= 0.3 is 47.8 Å². The minimum absolute atomic E-state index is 0.0377. The van der Waals surface area contributed by atoms with Gasteiger partial charge in [-0.3, -0.25) is 47.8 Å². The van der Waals surface area contributed by atoms with Gasteiger partial charge in [0.25, 0.3) is 0 Å². The summed E-state index contributed by atoms with van der Waals surface area (Å²) in [6.45, 7) is 25.4.